The van der Waals surface area contributed by atoms with E-state index in [1.54, 1.807) is 0 Å². The van der Waals surface area contributed by atoms with E-state index in [0.29, 0.717) is 0 Å². The SMILES string of the molecule is CCCCCCCCCCCCCn1cc(CCCc2ccccc2)nc1CCCCCCCC. The molecule has 0 saturated carbocycles. The van der Waals surface area contributed by atoms with Gasteiger partial charge in [0.25, 0.3) is 0 Å². The van der Waals surface area contributed by atoms with Gasteiger partial charge in [-0.15, -0.1) is 0 Å². The minimum Gasteiger partial charge on any atom is -0.335 e. The Balaban J connectivity index is 1.69. The highest BCUT2D eigenvalue weighted by atomic mass is 15.1. The Morgan fingerprint density at radius 1 is 0.543 bits per heavy atom. The quantitative estimate of drug-likeness (QED) is 0.145. The van der Waals surface area contributed by atoms with Gasteiger partial charge in [-0.25, -0.2) is 4.98 Å². The second-order valence-electron chi connectivity index (χ2n) is 10.7. The molecule has 0 amide bonds. The summed E-state index contributed by atoms with van der Waals surface area (Å²) in [7, 11) is 0. The molecule has 0 saturated heterocycles. The van der Waals surface area contributed by atoms with Crippen LogP contribution in [0.4, 0.5) is 0 Å². The topological polar surface area (TPSA) is 17.8 Å². The third kappa shape index (κ3) is 14.6. The van der Waals surface area contributed by atoms with Crippen LogP contribution in [0.25, 0.3) is 0 Å². The van der Waals surface area contributed by atoms with Crippen LogP contribution in [0.1, 0.15) is 147 Å². The average molecular weight is 481 g/mol. The van der Waals surface area contributed by atoms with Crippen molar-refractivity contribution in [3.63, 3.8) is 0 Å². The van der Waals surface area contributed by atoms with Gasteiger partial charge in [-0.05, 0) is 37.7 Å². The minimum atomic E-state index is 1.10. The normalized spacial score (nSPS) is 11.4. The number of hydrogen-bond acceptors (Lipinski definition) is 1. The Labute approximate surface area is 218 Å². The van der Waals surface area contributed by atoms with Crippen molar-refractivity contribution in [1.29, 1.82) is 0 Å². The first-order valence-corrected chi connectivity index (χ1v) is 15.4. The molecule has 2 rings (SSSR count). The lowest BCUT2D eigenvalue weighted by Gasteiger charge is -2.08. The Bertz CT molecular complexity index is 718. The maximum absolute atomic E-state index is 5.11. The molecule has 1 aromatic heterocycles. The highest BCUT2D eigenvalue weighted by Gasteiger charge is 2.08. The first-order chi connectivity index (χ1) is 17.3. The second-order valence-corrected chi connectivity index (χ2v) is 10.7. The molecule has 198 valence electrons. The van der Waals surface area contributed by atoms with E-state index in [-0.39, 0.29) is 0 Å². The standard InChI is InChI=1S/C33H56N2/c1-3-5-7-9-11-12-13-14-15-17-22-29-35-30-32(27-23-26-31-24-19-18-20-25-31)34-33(35)28-21-16-10-8-6-4-2/h18-20,24-25,30H,3-17,21-23,26-29H2,1-2H3. The van der Waals surface area contributed by atoms with Crippen LogP contribution in [0.5, 0.6) is 0 Å². The molecule has 2 heteroatoms. The zero-order valence-corrected chi connectivity index (χ0v) is 23.4. The molecule has 0 N–H and O–H groups in total. The van der Waals surface area contributed by atoms with E-state index in [9.17, 15) is 0 Å². The smallest absolute Gasteiger partial charge is 0.108 e. The largest absolute Gasteiger partial charge is 0.335 e. The van der Waals surface area contributed by atoms with Gasteiger partial charge in [-0.1, -0.05) is 140 Å². The monoisotopic (exact) mass is 480 g/mol. The van der Waals surface area contributed by atoms with Crippen molar-refractivity contribution >= 4 is 0 Å². The number of benzene rings is 1. The van der Waals surface area contributed by atoms with Gasteiger partial charge < -0.3 is 4.57 Å². The van der Waals surface area contributed by atoms with Crippen molar-refractivity contribution in [3.05, 3.63) is 53.6 Å². The van der Waals surface area contributed by atoms with Crippen molar-refractivity contribution in [2.75, 3.05) is 0 Å². The van der Waals surface area contributed by atoms with Gasteiger partial charge in [0.1, 0.15) is 5.82 Å². The third-order valence-corrected chi connectivity index (χ3v) is 7.41. The van der Waals surface area contributed by atoms with Crippen LogP contribution in [0.2, 0.25) is 0 Å². The van der Waals surface area contributed by atoms with Gasteiger partial charge >= 0.3 is 0 Å². The Hall–Kier alpha value is -1.57. The number of rotatable bonds is 23. The molecule has 0 fully saturated rings. The fourth-order valence-electron chi connectivity index (χ4n) is 5.15. The summed E-state index contributed by atoms with van der Waals surface area (Å²) in [6, 6.07) is 10.9. The number of imidazole rings is 1. The first-order valence-electron chi connectivity index (χ1n) is 15.4. The summed E-state index contributed by atoms with van der Waals surface area (Å²) in [6.45, 7) is 5.76. The summed E-state index contributed by atoms with van der Waals surface area (Å²) in [5, 5.41) is 0. The molecule has 2 nitrogen and oxygen atoms in total. The maximum Gasteiger partial charge on any atom is 0.108 e. The van der Waals surface area contributed by atoms with Gasteiger partial charge in [0.2, 0.25) is 0 Å². The third-order valence-electron chi connectivity index (χ3n) is 7.41. The maximum atomic E-state index is 5.11. The zero-order valence-electron chi connectivity index (χ0n) is 23.4. The number of hydrogen-bond donors (Lipinski definition) is 0. The second kappa shape index (κ2) is 20.6. The van der Waals surface area contributed by atoms with Gasteiger partial charge in [-0.3, -0.25) is 0 Å². The first kappa shape index (κ1) is 29.7. The van der Waals surface area contributed by atoms with Crippen LogP contribution in [-0.4, -0.2) is 9.55 Å². The number of aryl methyl sites for hydroxylation is 4. The Kier molecular flexibility index (Phi) is 17.5. The van der Waals surface area contributed by atoms with Gasteiger partial charge in [-0.2, -0.15) is 0 Å². The summed E-state index contributed by atoms with van der Waals surface area (Å²) in [4.78, 5) is 5.11. The molecule has 2 aromatic rings. The van der Waals surface area contributed by atoms with Crippen LogP contribution in [-0.2, 0) is 25.8 Å². The average Bonchev–Trinajstić information content (AvgIpc) is 3.26. The van der Waals surface area contributed by atoms with Crippen molar-refractivity contribution in [2.45, 2.75) is 155 Å². The molecule has 0 aliphatic rings. The summed E-state index contributed by atoms with van der Waals surface area (Å²) in [5.41, 5.74) is 2.75. The van der Waals surface area contributed by atoms with Crippen molar-refractivity contribution < 1.29 is 0 Å². The molecule has 1 aromatic carbocycles. The molecule has 0 aliphatic carbocycles. The minimum absolute atomic E-state index is 1.10. The molecular weight excluding hydrogens is 424 g/mol. The lowest BCUT2D eigenvalue weighted by atomic mass is 10.1. The van der Waals surface area contributed by atoms with Crippen molar-refractivity contribution in [2.24, 2.45) is 0 Å². The molecule has 0 spiro atoms. The molecule has 0 aliphatic heterocycles. The van der Waals surface area contributed by atoms with Gasteiger partial charge in [0.15, 0.2) is 0 Å². The van der Waals surface area contributed by atoms with E-state index in [1.165, 1.54) is 133 Å². The Morgan fingerprint density at radius 2 is 1.09 bits per heavy atom. The van der Waals surface area contributed by atoms with Gasteiger partial charge in [0.05, 0.1) is 5.69 Å². The van der Waals surface area contributed by atoms with E-state index in [0.717, 1.165) is 25.8 Å². The summed E-state index contributed by atoms with van der Waals surface area (Å²) < 4.78 is 2.51. The predicted molar refractivity (Wildman–Crippen MR) is 154 cm³/mol. The predicted octanol–water partition coefficient (Wildman–Crippen LogP) is 10.3. The van der Waals surface area contributed by atoms with E-state index in [2.05, 4.69) is 54.9 Å². The molecule has 0 bridgehead atoms. The van der Waals surface area contributed by atoms with E-state index in [1.807, 2.05) is 0 Å². The summed E-state index contributed by atoms with van der Waals surface area (Å²) >= 11 is 0. The highest BCUT2D eigenvalue weighted by Crippen LogP contribution is 2.16. The fraction of sp³-hybridized carbons (Fsp3) is 0.727. The van der Waals surface area contributed by atoms with Crippen LogP contribution in [0.15, 0.2) is 36.5 Å². The number of nitrogens with zero attached hydrogens (tertiary/aromatic N) is 2. The molecule has 0 atom stereocenters. The van der Waals surface area contributed by atoms with Crippen LogP contribution >= 0.6 is 0 Å². The number of unbranched alkanes of at least 4 members (excludes halogenated alkanes) is 15. The zero-order chi connectivity index (χ0) is 24.8. The van der Waals surface area contributed by atoms with E-state index in [4.69, 9.17) is 4.98 Å². The lowest BCUT2D eigenvalue weighted by Crippen LogP contribution is -2.03. The molecule has 35 heavy (non-hydrogen) atoms. The molecule has 1 heterocycles. The fourth-order valence-corrected chi connectivity index (χ4v) is 5.15. The van der Waals surface area contributed by atoms with Crippen molar-refractivity contribution in [1.82, 2.24) is 9.55 Å². The summed E-state index contributed by atoms with van der Waals surface area (Å²) in [6.07, 6.45) is 30.6. The molecular formula is C33H56N2. The highest BCUT2D eigenvalue weighted by molar-refractivity contribution is 5.15. The van der Waals surface area contributed by atoms with Crippen LogP contribution in [0, 0.1) is 0 Å². The number of aromatic nitrogens is 2. The molecule has 0 unspecified atom stereocenters. The van der Waals surface area contributed by atoms with Gasteiger partial charge in [0, 0.05) is 19.2 Å². The van der Waals surface area contributed by atoms with Crippen LogP contribution < -0.4 is 0 Å². The van der Waals surface area contributed by atoms with Crippen LogP contribution in [0.3, 0.4) is 0 Å². The van der Waals surface area contributed by atoms with Crippen molar-refractivity contribution in [3.8, 4) is 0 Å². The lowest BCUT2D eigenvalue weighted by molar-refractivity contribution is 0.521. The molecule has 0 radical (unpaired) electrons. The van der Waals surface area contributed by atoms with E-state index >= 15 is 0 Å². The Morgan fingerprint density at radius 3 is 1.69 bits per heavy atom. The van der Waals surface area contributed by atoms with E-state index < -0.39 is 0 Å². The summed E-state index contributed by atoms with van der Waals surface area (Å²) in [5.74, 6) is 1.35.